The Bertz CT molecular complexity index is 650. The van der Waals surface area contributed by atoms with Crippen molar-refractivity contribution in [1.29, 1.82) is 0 Å². The third-order valence-electron chi connectivity index (χ3n) is 2.39. The van der Waals surface area contributed by atoms with Gasteiger partial charge in [-0.2, -0.15) is 18.3 Å². The van der Waals surface area contributed by atoms with Crippen LogP contribution in [0.15, 0.2) is 24.4 Å². The van der Waals surface area contributed by atoms with Crippen LogP contribution in [0.2, 0.25) is 0 Å². The Kier molecular flexibility index (Phi) is 3.59. The first kappa shape index (κ1) is 13.8. The molecule has 0 bridgehead atoms. The molecule has 6 nitrogen and oxygen atoms in total. The molecule has 0 aliphatic heterocycles. The van der Waals surface area contributed by atoms with E-state index in [1.54, 1.807) is 24.4 Å². The Hall–Kier alpha value is -2.58. The number of fused-ring (bicyclic) bond motifs is 1. The summed E-state index contributed by atoms with van der Waals surface area (Å²) in [7, 11) is 0. The number of alkyl halides is 3. The number of hydrogen-bond donors (Lipinski definition) is 3. The lowest BCUT2D eigenvalue weighted by Gasteiger charge is -2.08. The topological polar surface area (TPSA) is 86.9 Å². The number of amides is 2. The van der Waals surface area contributed by atoms with Crippen LogP contribution in [0.4, 0.5) is 18.9 Å². The number of rotatable bonds is 3. The van der Waals surface area contributed by atoms with Crippen LogP contribution in [0.5, 0.6) is 0 Å². The standard InChI is InChI=1S/C11H9F3N4O2/c12-11(13,14)10(20)15-5-9(19)17-7-2-1-6-4-16-18-8(6)3-7/h1-4H,5H2,(H,15,20)(H,16,18)(H,17,19). The maximum atomic E-state index is 11.9. The summed E-state index contributed by atoms with van der Waals surface area (Å²) in [6.07, 6.45) is -3.42. The zero-order valence-electron chi connectivity index (χ0n) is 9.91. The van der Waals surface area contributed by atoms with Gasteiger partial charge in [0.05, 0.1) is 18.3 Å². The molecule has 0 unspecified atom stereocenters. The molecule has 0 fully saturated rings. The van der Waals surface area contributed by atoms with Gasteiger partial charge < -0.3 is 10.6 Å². The second-order valence-corrected chi connectivity index (χ2v) is 3.90. The Morgan fingerprint density at radius 3 is 2.75 bits per heavy atom. The molecule has 1 aromatic carbocycles. The fourth-order valence-corrected chi connectivity index (χ4v) is 1.48. The summed E-state index contributed by atoms with van der Waals surface area (Å²) in [5, 5.41) is 11.1. The number of carbonyl (C=O) groups excluding carboxylic acids is 2. The van der Waals surface area contributed by atoms with Crippen LogP contribution in [-0.2, 0) is 9.59 Å². The van der Waals surface area contributed by atoms with E-state index in [-0.39, 0.29) is 0 Å². The Morgan fingerprint density at radius 2 is 2.05 bits per heavy atom. The van der Waals surface area contributed by atoms with Gasteiger partial charge in [-0.1, -0.05) is 0 Å². The van der Waals surface area contributed by atoms with E-state index in [1.807, 2.05) is 0 Å². The van der Waals surface area contributed by atoms with E-state index in [0.29, 0.717) is 11.2 Å². The van der Waals surface area contributed by atoms with Crippen molar-refractivity contribution >= 4 is 28.4 Å². The lowest BCUT2D eigenvalue weighted by Crippen LogP contribution is -2.41. The molecule has 0 aliphatic carbocycles. The summed E-state index contributed by atoms with van der Waals surface area (Å²) < 4.78 is 35.7. The van der Waals surface area contributed by atoms with Crippen molar-refractivity contribution < 1.29 is 22.8 Å². The van der Waals surface area contributed by atoms with Crippen LogP contribution in [-0.4, -0.2) is 34.7 Å². The third-order valence-corrected chi connectivity index (χ3v) is 2.39. The third kappa shape index (κ3) is 3.25. The van der Waals surface area contributed by atoms with Gasteiger partial charge in [0, 0.05) is 11.1 Å². The van der Waals surface area contributed by atoms with Gasteiger partial charge in [0.15, 0.2) is 0 Å². The summed E-state index contributed by atoms with van der Waals surface area (Å²) in [6, 6.07) is 4.83. The van der Waals surface area contributed by atoms with Gasteiger partial charge in [0.25, 0.3) is 0 Å². The van der Waals surface area contributed by atoms with E-state index >= 15 is 0 Å². The van der Waals surface area contributed by atoms with E-state index in [0.717, 1.165) is 5.39 Å². The van der Waals surface area contributed by atoms with Crippen LogP contribution >= 0.6 is 0 Å². The molecule has 1 heterocycles. The summed E-state index contributed by atoms with van der Waals surface area (Å²) in [6.45, 7) is -0.765. The first-order valence-electron chi connectivity index (χ1n) is 5.44. The summed E-state index contributed by atoms with van der Waals surface area (Å²) in [5.41, 5.74) is 1.05. The zero-order valence-corrected chi connectivity index (χ0v) is 9.91. The maximum absolute atomic E-state index is 11.9. The number of halogens is 3. The molecule has 1 aromatic heterocycles. The highest BCUT2D eigenvalue weighted by atomic mass is 19.4. The summed E-state index contributed by atoms with van der Waals surface area (Å²) in [5.74, 6) is -2.92. The molecule has 2 amide bonds. The Labute approximate surface area is 110 Å². The fraction of sp³-hybridized carbons (Fsp3) is 0.182. The highest BCUT2D eigenvalue weighted by Crippen LogP contribution is 2.16. The van der Waals surface area contributed by atoms with Crippen molar-refractivity contribution in [1.82, 2.24) is 15.5 Å². The van der Waals surface area contributed by atoms with Crippen molar-refractivity contribution in [2.75, 3.05) is 11.9 Å². The number of nitrogens with zero attached hydrogens (tertiary/aromatic N) is 1. The van der Waals surface area contributed by atoms with E-state index in [4.69, 9.17) is 0 Å². The highest BCUT2D eigenvalue weighted by Gasteiger charge is 2.38. The van der Waals surface area contributed by atoms with E-state index in [9.17, 15) is 22.8 Å². The van der Waals surface area contributed by atoms with Crippen LogP contribution < -0.4 is 10.6 Å². The Balaban J connectivity index is 1.92. The molecular formula is C11H9F3N4O2. The largest absolute Gasteiger partial charge is 0.471 e. The summed E-state index contributed by atoms with van der Waals surface area (Å²) >= 11 is 0. The van der Waals surface area contributed by atoms with Crippen molar-refractivity contribution in [3.63, 3.8) is 0 Å². The Morgan fingerprint density at radius 1 is 1.30 bits per heavy atom. The molecule has 9 heteroatoms. The lowest BCUT2D eigenvalue weighted by molar-refractivity contribution is -0.173. The first-order chi connectivity index (χ1) is 9.36. The van der Waals surface area contributed by atoms with Crippen LogP contribution in [0, 0.1) is 0 Å². The molecule has 0 atom stereocenters. The smallest absolute Gasteiger partial charge is 0.339 e. The summed E-state index contributed by atoms with van der Waals surface area (Å²) in [4.78, 5) is 21.9. The number of nitrogens with one attached hydrogen (secondary N) is 3. The van der Waals surface area contributed by atoms with Gasteiger partial charge in [-0.3, -0.25) is 14.7 Å². The van der Waals surface area contributed by atoms with Gasteiger partial charge in [-0.15, -0.1) is 0 Å². The molecular weight excluding hydrogens is 277 g/mol. The quantitative estimate of drug-likeness (QED) is 0.791. The van der Waals surface area contributed by atoms with E-state index in [1.165, 1.54) is 5.32 Å². The molecule has 106 valence electrons. The van der Waals surface area contributed by atoms with Gasteiger partial charge in [0.2, 0.25) is 5.91 Å². The van der Waals surface area contributed by atoms with Crippen molar-refractivity contribution in [2.45, 2.75) is 6.18 Å². The van der Waals surface area contributed by atoms with Crippen LogP contribution in [0.25, 0.3) is 10.9 Å². The number of carbonyl (C=O) groups is 2. The first-order valence-corrected chi connectivity index (χ1v) is 5.44. The molecule has 0 saturated carbocycles. The maximum Gasteiger partial charge on any atom is 0.471 e. The monoisotopic (exact) mass is 286 g/mol. The number of hydrogen-bond acceptors (Lipinski definition) is 3. The molecule has 3 N–H and O–H groups in total. The molecule has 0 aliphatic rings. The number of aromatic nitrogens is 2. The van der Waals surface area contributed by atoms with Gasteiger partial charge in [-0.25, -0.2) is 0 Å². The predicted molar refractivity (Wildman–Crippen MR) is 63.8 cm³/mol. The average molecular weight is 286 g/mol. The van der Waals surface area contributed by atoms with Crippen molar-refractivity contribution in [3.05, 3.63) is 24.4 Å². The highest BCUT2D eigenvalue weighted by molar-refractivity contribution is 5.96. The van der Waals surface area contributed by atoms with E-state index in [2.05, 4.69) is 15.5 Å². The molecule has 0 saturated heterocycles. The zero-order chi connectivity index (χ0) is 14.8. The minimum Gasteiger partial charge on any atom is -0.339 e. The predicted octanol–water partition coefficient (Wildman–Crippen LogP) is 1.18. The van der Waals surface area contributed by atoms with Gasteiger partial charge in [0.1, 0.15) is 0 Å². The second kappa shape index (κ2) is 5.19. The van der Waals surface area contributed by atoms with Gasteiger partial charge >= 0.3 is 12.1 Å². The lowest BCUT2D eigenvalue weighted by atomic mass is 10.2. The minimum absolute atomic E-state index is 0.382. The van der Waals surface area contributed by atoms with Crippen molar-refractivity contribution in [2.24, 2.45) is 0 Å². The fourth-order valence-electron chi connectivity index (χ4n) is 1.48. The molecule has 2 aromatic rings. The van der Waals surface area contributed by atoms with Crippen LogP contribution in [0.3, 0.4) is 0 Å². The second-order valence-electron chi connectivity index (χ2n) is 3.90. The van der Waals surface area contributed by atoms with Gasteiger partial charge in [-0.05, 0) is 18.2 Å². The number of benzene rings is 1. The van der Waals surface area contributed by atoms with Crippen molar-refractivity contribution in [3.8, 4) is 0 Å². The van der Waals surface area contributed by atoms with E-state index < -0.39 is 24.5 Å². The minimum atomic E-state index is -5.00. The molecule has 2 rings (SSSR count). The number of aromatic amines is 1. The molecule has 0 radical (unpaired) electrons. The normalized spacial score (nSPS) is 11.3. The SMILES string of the molecule is O=C(CNC(=O)C(F)(F)F)Nc1ccc2cn[nH]c2c1. The number of anilines is 1. The molecule has 0 spiro atoms. The molecule has 20 heavy (non-hydrogen) atoms. The average Bonchev–Trinajstić information content (AvgIpc) is 2.82. The number of H-pyrrole nitrogens is 1. The van der Waals surface area contributed by atoms with Crippen LogP contribution in [0.1, 0.15) is 0 Å².